The molecular formula is C13H22O3. The molecule has 0 aromatic carbocycles. The molecule has 1 aliphatic carbocycles. The summed E-state index contributed by atoms with van der Waals surface area (Å²) in [5.74, 6) is 0.812. The van der Waals surface area contributed by atoms with Crippen LogP contribution in [0, 0.1) is 11.8 Å². The zero-order valence-electron chi connectivity index (χ0n) is 10.4. The second kappa shape index (κ2) is 6.69. The minimum atomic E-state index is -0.445. The standard InChI is InChI=1S/C13H22O3/c1-4-15-11(3)13(14)16-9-12-8-6-5-7-10(12)2/h5-6,10-12H,4,7-9H2,1-3H3. The Labute approximate surface area is 97.8 Å². The van der Waals surface area contributed by atoms with E-state index >= 15 is 0 Å². The summed E-state index contributed by atoms with van der Waals surface area (Å²) in [6.07, 6.45) is 6.02. The number of rotatable bonds is 5. The molecule has 1 aliphatic rings. The molecule has 0 aromatic heterocycles. The van der Waals surface area contributed by atoms with Crippen molar-refractivity contribution in [3.8, 4) is 0 Å². The second-order valence-corrected chi connectivity index (χ2v) is 4.41. The van der Waals surface area contributed by atoms with Gasteiger partial charge < -0.3 is 9.47 Å². The molecule has 3 unspecified atom stereocenters. The molecule has 0 heterocycles. The Balaban J connectivity index is 2.28. The molecule has 0 amide bonds. The summed E-state index contributed by atoms with van der Waals surface area (Å²) in [5, 5.41) is 0. The van der Waals surface area contributed by atoms with Gasteiger partial charge in [0, 0.05) is 6.61 Å². The van der Waals surface area contributed by atoms with Gasteiger partial charge in [0.1, 0.15) is 0 Å². The molecule has 16 heavy (non-hydrogen) atoms. The van der Waals surface area contributed by atoms with Crippen LogP contribution in [0.25, 0.3) is 0 Å². The molecule has 0 aliphatic heterocycles. The second-order valence-electron chi connectivity index (χ2n) is 4.41. The molecule has 0 bridgehead atoms. The van der Waals surface area contributed by atoms with Crippen LogP contribution in [0.4, 0.5) is 0 Å². The molecule has 92 valence electrons. The van der Waals surface area contributed by atoms with Crippen LogP contribution in [0.2, 0.25) is 0 Å². The molecule has 0 radical (unpaired) electrons. The van der Waals surface area contributed by atoms with Crippen molar-refractivity contribution in [3.63, 3.8) is 0 Å². The van der Waals surface area contributed by atoms with E-state index in [4.69, 9.17) is 9.47 Å². The number of carbonyl (C=O) groups is 1. The van der Waals surface area contributed by atoms with E-state index in [0.717, 1.165) is 12.8 Å². The molecule has 0 saturated heterocycles. The third-order valence-corrected chi connectivity index (χ3v) is 3.11. The zero-order chi connectivity index (χ0) is 12.0. The smallest absolute Gasteiger partial charge is 0.334 e. The summed E-state index contributed by atoms with van der Waals surface area (Å²) >= 11 is 0. The van der Waals surface area contributed by atoms with E-state index in [1.165, 1.54) is 0 Å². The monoisotopic (exact) mass is 226 g/mol. The molecule has 0 fully saturated rings. The van der Waals surface area contributed by atoms with Crippen LogP contribution in [0.15, 0.2) is 12.2 Å². The van der Waals surface area contributed by atoms with Crippen LogP contribution in [-0.2, 0) is 14.3 Å². The molecule has 1 rings (SSSR count). The molecule has 3 atom stereocenters. The molecule has 3 nitrogen and oxygen atoms in total. The number of allylic oxidation sites excluding steroid dienone is 2. The maximum atomic E-state index is 11.5. The van der Waals surface area contributed by atoms with E-state index in [0.29, 0.717) is 25.0 Å². The number of ether oxygens (including phenoxy) is 2. The van der Waals surface area contributed by atoms with Gasteiger partial charge >= 0.3 is 5.97 Å². The first-order chi connectivity index (χ1) is 7.65. The predicted molar refractivity (Wildman–Crippen MR) is 63.1 cm³/mol. The lowest BCUT2D eigenvalue weighted by Gasteiger charge is -2.25. The maximum absolute atomic E-state index is 11.5. The highest BCUT2D eigenvalue weighted by atomic mass is 16.6. The van der Waals surface area contributed by atoms with E-state index in [1.54, 1.807) is 6.92 Å². The fraction of sp³-hybridized carbons (Fsp3) is 0.769. The Morgan fingerprint density at radius 2 is 2.12 bits per heavy atom. The van der Waals surface area contributed by atoms with Crippen molar-refractivity contribution in [2.24, 2.45) is 11.8 Å². The lowest BCUT2D eigenvalue weighted by Crippen LogP contribution is -2.28. The number of carbonyl (C=O) groups excluding carboxylic acids is 1. The fourth-order valence-electron chi connectivity index (χ4n) is 1.86. The predicted octanol–water partition coefficient (Wildman–Crippen LogP) is 2.56. The third-order valence-electron chi connectivity index (χ3n) is 3.11. The van der Waals surface area contributed by atoms with Crippen molar-refractivity contribution in [1.29, 1.82) is 0 Å². The van der Waals surface area contributed by atoms with Crippen molar-refractivity contribution >= 4 is 5.97 Å². The molecule has 0 N–H and O–H groups in total. The van der Waals surface area contributed by atoms with Crippen LogP contribution < -0.4 is 0 Å². The van der Waals surface area contributed by atoms with Crippen molar-refractivity contribution < 1.29 is 14.3 Å². The number of esters is 1. The minimum Gasteiger partial charge on any atom is -0.463 e. The van der Waals surface area contributed by atoms with Gasteiger partial charge in [-0.1, -0.05) is 19.1 Å². The van der Waals surface area contributed by atoms with Crippen molar-refractivity contribution in [2.75, 3.05) is 13.2 Å². The van der Waals surface area contributed by atoms with Gasteiger partial charge in [-0.2, -0.15) is 0 Å². The SMILES string of the molecule is CCOC(C)C(=O)OCC1CC=CCC1C. The first-order valence-corrected chi connectivity index (χ1v) is 6.08. The van der Waals surface area contributed by atoms with Gasteiger partial charge in [0.25, 0.3) is 0 Å². The van der Waals surface area contributed by atoms with Gasteiger partial charge in [-0.15, -0.1) is 0 Å². The lowest BCUT2D eigenvalue weighted by molar-refractivity contribution is -0.157. The molecule has 0 saturated carbocycles. The minimum absolute atomic E-state index is 0.247. The van der Waals surface area contributed by atoms with Crippen molar-refractivity contribution in [2.45, 2.75) is 39.7 Å². The van der Waals surface area contributed by atoms with Crippen molar-refractivity contribution in [1.82, 2.24) is 0 Å². The van der Waals surface area contributed by atoms with Gasteiger partial charge in [0.2, 0.25) is 0 Å². The first-order valence-electron chi connectivity index (χ1n) is 6.08. The topological polar surface area (TPSA) is 35.5 Å². The Bertz CT molecular complexity index is 248. The molecule has 3 heteroatoms. The Hall–Kier alpha value is -0.830. The average molecular weight is 226 g/mol. The van der Waals surface area contributed by atoms with E-state index in [1.807, 2.05) is 6.92 Å². The van der Waals surface area contributed by atoms with Gasteiger partial charge in [0.05, 0.1) is 6.61 Å². The van der Waals surface area contributed by atoms with Crippen LogP contribution in [-0.4, -0.2) is 25.3 Å². The Morgan fingerprint density at radius 3 is 2.75 bits per heavy atom. The van der Waals surface area contributed by atoms with Gasteiger partial charge in [-0.05, 0) is 38.5 Å². The highest BCUT2D eigenvalue weighted by molar-refractivity contribution is 5.74. The van der Waals surface area contributed by atoms with Crippen LogP contribution in [0.1, 0.15) is 33.6 Å². The van der Waals surface area contributed by atoms with E-state index in [-0.39, 0.29) is 5.97 Å². The van der Waals surface area contributed by atoms with Crippen LogP contribution in [0.3, 0.4) is 0 Å². The summed E-state index contributed by atoms with van der Waals surface area (Å²) < 4.78 is 10.5. The van der Waals surface area contributed by atoms with Gasteiger partial charge in [-0.3, -0.25) is 0 Å². The number of hydrogen-bond acceptors (Lipinski definition) is 3. The summed E-state index contributed by atoms with van der Waals surface area (Å²) in [5.41, 5.74) is 0. The largest absolute Gasteiger partial charge is 0.463 e. The first kappa shape index (κ1) is 13.2. The van der Waals surface area contributed by atoms with E-state index in [2.05, 4.69) is 19.1 Å². The van der Waals surface area contributed by atoms with E-state index in [9.17, 15) is 4.79 Å². The Morgan fingerprint density at radius 1 is 1.44 bits per heavy atom. The van der Waals surface area contributed by atoms with Crippen LogP contribution in [0.5, 0.6) is 0 Å². The molecular weight excluding hydrogens is 204 g/mol. The summed E-state index contributed by atoms with van der Waals surface area (Å²) in [4.78, 5) is 11.5. The highest BCUT2D eigenvalue weighted by Gasteiger charge is 2.21. The molecule has 0 aromatic rings. The van der Waals surface area contributed by atoms with Gasteiger partial charge in [-0.25, -0.2) is 4.79 Å². The third kappa shape index (κ3) is 3.97. The quantitative estimate of drug-likeness (QED) is 0.534. The van der Waals surface area contributed by atoms with Crippen molar-refractivity contribution in [3.05, 3.63) is 12.2 Å². The van der Waals surface area contributed by atoms with E-state index < -0.39 is 6.10 Å². The lowest BCUT2D eigenvalue weighted by atomic mass is 9.85. The average Bonchev–Trinajstić information content (AvgIpc) is 2.28. The van der Waals surface area contributed by atoms with Crippen LogP contribution >= 0.6 is 0 Å². The summed E-state index contributed by atoms with van der Waals surface area (Å²) in [6.45, 7) is 6.86. The maximum Gasteiger partial charge on any atom is 0.334 e. The number of hydrogen-bond donors (Lipinski definition) is 0. The highest BCUT2D eigenvalue weighted by Crippen LogP contribution is 2.25. The zero-order valence-corrected chi connectivity index (χ0v) is 10.4. The molecule has 0 spiro atoms. The van der Waals surface area contributed by atoms with Gasteiger partial charge in [0.15, 0.2) is 6.10 Å². The normalized spacial score (nSPS) is 26.4. The Kier molecular flexibility index (Phi) is 5.53. The summed E-state index contributed by atoms with van der Waals surface area (Å²) in [7, 11) is 0. The fourth-order valence-corrected chi connectivity index (χ4v) is 1.86. The summed E-state index contributed by atoms with van der Waals surface area (Å²) in [6, 6.07) is 0.